The van der Waals surface area contributed by atoms with Gasteiger partial charge in [-0.25, -0.2) is 9.48 Å². The molecule has 0 atom stereocenters. The highest BCUT2D eigenvalue weighted by molar-refractivity contribution is 5.80. The second-order valence-corrected chi connectivity index (χ2v) is 6.51. The van der Waals surface area contributed by atoms with Crippen LogP contribution in [0.3, 0.4) is 0 Å². The quantitative estimate of drug-likeness (QED) is 0.562. The molecule has 2 heterocycles. The van der Waals surface area contributed by atoms with Gasteiger partial charge in [0, 0.05) is 24.8 Å². The van der Waals surface area contributed by atoms with E-state index in [0.29, 0.717) is 13.1 Å². The van der Waals surface area contributed by atoms with Crippen LogP contribution in [0.4, 0.5) is 0 Å². The van der Waals surface area contributed by atoms with E-state index < -0.39 is 0 Å². The summed E-state index contributed by atoms with van der Waals surface area (Å²) in [5.41, 5.74) is 3.28. The Morgan fingerprint density at radius 1 is 1.00 bits per heavy atom. The van der Waals surface area contributed by atoms with Gasteiger partial charge in [0.25, 0.3) is 0 Å². The van der Waals surface area contributed by atoms with E-state index in [1.54, 1.807) is 15.4 Å². The molecule has 28 heavy (non-hydrogen) atoms. The van der Waals surface area contributed by atoms with Crippen molar-refractivity contribution in [3.63, 3.8) is 0 Å². The van der Waals surface area contributed by atoms with Gasteiger partial charge < -0.3 is 5.32 Å². The predicted octanol–water partition coefficient (Wildman–Crippen LogP) is 2.33. The first-order valence-electron chi connectivity index (χ1n) is 9.21. The Morgan fingerprint density at radius 3 is 2.39 bits per heavy atom. The molecule has 0 bridgehead atoms. The van der Waals surface area contributed by atoms with Gasteiger partial charge in [-0.3, -0.25) is 13.9 Å². The van der Waals surface area contributed by atoms with Crippen molar-refractivity contribution in [3.05, 3.63) is 83.0 Å². The first-order chi connectivity index (χ1) is 13.7. The molecule has 0 spiro atoms. The SMILES string of the molecule is CCn1c(=O)n(CC(=O)NCc2cnn(-c3ccccc3)c2)c2ccccc21. The maximum absolute atomic E-state index is 12.6. The molecule has 0 unspecified atom stereocenters. The van der Waals surface area contributed by atoms with Crippen LogP contribution < -0.4 is 11.0 Å². The maximum Gasteiger partial charge on any atom is 0.329 e. The van der Waals surface area contributed by atoms with Gasteiger partial charge in [0.15, 0.2) is 0 Å². The van der Waals surface area contributed by atoms with E-state index in [1.807, 2.05) is 67.7 Å². The summed E-state index contributed by atoms with van der Waals surface area (Å²) in [4.78, 5) is 25.1. The second-order valence-electron chi connectivity index (χ2n) is 6.51. The van der Waals surface area contributed by atoms with Crippen LogP contribution in [0.5, 0.6) is 0 Å². The number of aromatic nitrogens is 4. The van der Waals surface area contributed by atoms with Gasteiger partial charge in [0.2, 0.25) is 5.91 Å². The highest BCUT2D eigenvalue weighted by atomic mass is 16.2. The molecule has 1 amide bonds. The van der Waals surface area contributed by atoms with E-state index in [1.165, 1.54) is 4.57 Å². The van der Waals surface area contributed by atoms with Crippen molar-refractivity contribution < 1.29 is 4.79 Å². The van der Waals surface area contributed by atoms with Gasteiger partial charge in [-0.15, -0.1) is 0 Å². The number of nitrogens with one attached hydrogen (secondary N) is 1. The van der Waals surface area contributed by atoms with Crippen LogP contribution in [-0.4, -0.2) is 24.8 Å². The van der Waals surface area contributed by atoms with Crippen LogP contribution in [0.15, 0.2) is 71.8 Å². The van der Waals surface area contributed by atoms with E-state index in [-0.39, 0.29) is 18.1 Å². The molecule has 0 saturated heterocycles. The zero-order valence-electron chi connectivity index (χ0n) is 15.6. The van der Waals surface area contributed by atoms with E-state index in [0.717, 1.165) is 22.3 Å². The molecule has 7 nitrogen and oxygen atoms in total. The minimum Gasteiger partial charge on any atom is -0.350 e. The van der Waals surface area contributed by atoms with Crippen molar-refractivity contribution in [2.45, 2.75) is 26.6 Å². The number of aryl methyl sites for hydroxylation is 1. The standard InChI is InChI=1S/C21H21N5O2/c1-2-24-18-10-6-7-11-19(18)25(21(24)28)15-20(27)22-12-16-13-23-26(14-16)17-8-4-3-5-9-17/h3-11,13-14H,2,12,15H2,1H3,(H,22,27). The third-order valence-electron chi connectivity index (χ3n) is 4.69. The fraction of sp³-hybridized carbons (Fsp3) is 0.190. The van der Waals surface area contributed by atoms with Crippen LogP contribution >= 0.6 is 0 Å². The Balaban J connectivity index is 1.46. The maximum atomic E-state index is 12.6. The van der Waals surface area contributed by atoms with Crippen molar-refractivity contribution in [2.75, 3.05) is 0 Å². The third kappa shape index (κ3) is 3.34. The highest BCUT2D eigenvalue weighted by Gasteiger charge is 2.14. The Kier molecular flexibility index (Phi) is 4.80. The lowest BCUT2D eigenvalue weighted by Crippen LogP contribution is -2.32. The molecule has 4 rings (SSSR count). The lowest BCUT2D eigenvalue weighted by atomic mass is 10.3. The summed E-state index contributed by atoms with van der Waals surface area (Å²) < 4.78 is 4.95. The smallest absolute Gasteiger partial charge is 0.329 e. The lowest BCUT2D eigenvalue weighted by molar-refractivity contribution is -0.121. The molecule has 1 N–H and O–H groups in total. The average Bonchev–Trinajstić information content (AvgIpc) is 3.30. The topological polar surface area (TPSA) is 73.8 Å². The summed E-state index contributed by atoms with van der Waals surface area (Å²) >= 11 is 0. The van der Waals surface area contributed by atoms with Crippen LogP contribution in [0.1, 0.15) is 12.5 Å². The molecule has 2 aromatic carbocycles. The molecule has 7 heteroatoms. The van der Waals surface area contributed by atoms with E-state index in [9.17, 15) is 9.59 Å². The molecule has 0 fully saturated rings. The summed E-state index contributed by atoms with van der Waals surface area (Å²) in [6.07, 6.45) is 3.60. The Bertz CT molecular complexity index is 1170. The van der Waals surface area contributed by atoms with Gasteiger partial charge in [-0.05, 0) is 31.2 Å². The van der Waals surface area contributed by atoms with Crippen LogP contribution in [-0.2, 0) is 24.4 Å². The van der Waals surface area contributed by atoms with Crippen molar-refractivity contribution in [1.82, 2.24) is 24.2 Å². The zero-order valence-corrected chi connectivity index (χ0v) is 15.6. The van der Waals surface area contributed by atoms with Crippen molar-refractivity contribution in [2.24, 2.45) is 0 Å². The number of para-hydroxylation sites is 3. The minimum atomic E-state index is -0.214. The Labute approximate surface area is 161 Å². The number of carbonyl (C=O) groups is 1. The molecule has 142 valence electrons. The highest BCUT2D eigenvalue weighted by Crippen LogP contribution is 2.12. The third-order valence-corrected chi connectivity index (χ3v) is 4.69. The summed E-state index contributed by atoms with van der Waals surface area (Å²) in [5.74, 6) is -0.214. The lowest BCUT2D eigenvalue weighted by Gasteiger charge is -2.05. The van der Waals surface area contributed by atoms with Crippen LogP contribution in [0.25, 0.3) is 16.7 Å². The largest absolute Gasteiger partial charge is 0.350 e. The first-order valence-corrected chi connectivity index (χ1v) is 9.21. The van der Waals surface area contributed by atoms with Gasteiger partial charge in [-0.2, -0.15) is 5.10 Å². The first kappa shape index (κ1) is 17.8. The molecular weight excluding hydrogens is 354 g/mol. The predicted molar refractivity (Wildman–Crippen MR) is 107 cm³/mol. The number of carbonyl (C=O) groups excluding carboxylic acids is 1. The number of nitrogens with zero attached hydrogens (tertiary/aromatic N) is 4. The molecule has 2 aromatic heterocycles. The van der Waals surface area contributed by atoms with Gasteiger partial charge >= 0.3 is 5.69 Å². The number of amides is 1. The zero-order chi connectivity index (χ0) is 19.5. The van der Waals surface area contributed by atoms with E-state index in [4.69, 9.17) is 0 Å². The number of hydrogen-bond acceptors (Lipinski definition) is 3. The number of benzene rings is 2. The Hall–Kier alpha value is -3.61. The summed E-state index contributed by atoms with van der Waals surface area (Å²) in [7, 11) is 0. The van der Waals surface area contributed by atoms with Gasteiger partial charge in [0.1, 0.15) is 6.54 Å². The molecule has 0 radical (unpaired) electrons. The number of fused-ring (bicyclic) bond motifs is 1. The molecule has 0 aliphatic carbocycles. The minimum absolute atomic E-state index is 0.0147. The van der Waals surface area contributed by atoms with Crippen molar-refractivity contribution in [1.29, 1.82) is 0 Å². The van der Waals surface area contributed by atoms with Crippen LogP contribution in [0.2, 0.25) is 0 Å². The molecular formula is C21H21N5O2. The fourth-order valence-corrected chi connectivity index (χ4v) is 3.30. The van der Waals surface area contributed by atoms with E-state index >= 15 is 0 Å². The van der Waals surface area contributed by atoms with Crippen LogP contribution in [0, 0.1) is 0 Å². The summed E-state index contributed by atoms with van der Waals surface area (Å²) in [6, 6.07) is 17.3. The summed E-state index contributed by atoms with van der Waals surface area (Å²) in [5, 5.41) is 7.19. The summed E-state index contributed by atoms with van der Waals surface area (Å²) in [6.45, 7) is 2.82. The fourth-order valence-electron chi connectivity index (χ4n) is 3.30. The van der Waals surface area contributed by atoms with Crippen molar-refractivity contribution in [3.8, 4) is 5.69 Å². The Morgan fingerprint density at radius 2 is 1.68 bits per heavy atom. The average molecular weight is 375 g/mol. The molecule has 4 aromatic rings. The molecule has 0 aliphatic rings. The van der Waals surface area contributed by atoms with Crippen molar-refractivity contribution >= 4 is 16.9 Å². The number of imidazole rings is 1. The van der Waals surface area contributed by atoms with Gasteiger partial charge in [0.05, 0.1) is 22.9 Å². The normalized spacial score (nSPS) is 11.0. The van der Waals surface area contributed by atoms with Gasteiger partial charge in [-0.1, -0.05) is 30.3 Å². The number of rotatable bonds is 6. The molecule has 0 aliphatic heterocycles. The number of hydrogen-bond donors (Lipinski definition) is 1. The second kappa shape index (κ2) is 7.56. The molecule has 0 saturated carbocycles. The van der Waals surface area contributed by atoms with E-state index in [2.05, 4.69) is 10.4 Å². The monoisotopic (exact) mass is 375 g/mol.